The molecular formula is C9H5ClF3NO. The van der Waals surface area contributed by atoms with Gasteiger partial charge in [0.05, 0.1) is 5.56 Å². The second-order valence-electron chi connectivity index (χ2n) is 2.60. The Balaban J connectivity index is 3.16. The van der Waals surface area contributed by atoms with Crippen LogP contribution in [0.25, 0.3) is 6.08 Å². The first-order valence-electron chi connectivity index (χ1n) is 3.79. The lowest BCUT2D eigenvalue weighted by molar-refractivity contribution is -0.137. The zero-order valence-electron chi connectivity index (χ0n) is 7.25. The van der Waals surface area contributed by atoms with Crippen LogP contribution in [0.3, 0.4) is 0 Å². The highest BCUT2D eigenvalue weighted by Crippen LogP contribution is 2.30. The summed E-state index contributed by atoms with van der Waals surface area (Å²) in [6, 6.07) is 0.829. The molecule has 0 atom stereocenters. The van der Waals surface area contributed by atoms with E-state index in [0.29, 0.717) is 12.5 Å². The lowest BCUT2D eigenvalue weighted by Crippen LogP contribution is -2.05. The number of aldehydes is 1. The van der Waals surface area contributed by atoms with Crippen molar-refractivity contribution in [2.45, 2.75) is 6.18 Å². The van der Waals surface area contributed by atoms with Gasteiger partial charge in [0.1, 0.15) is 11.4 Å². The van der Waals surface area contributed by atoms with Crippen molar-refractivity contribution in [3.05, 3.63) is 34.6 Å². The Morgan fingerprint density at radius 1 is 1.40 bits per heavy atom. The highest BCUT2D eigenvalue weighted by molar-refractivity contribution is 6.30. The van der Waals surface area contributed by atoms with Crippen LogP contribution in [0.4, 0.5) is 13.2 Å². The first kappa shape index (κ1) is 11.7. The third-order valence-electron chi connectivity index (χ3n) is 1.55. The van der Waals surface area contributed by atoms with E-state index in [2.05, 4.69) is 4.98 Å². The smallest absolute Gasteiger partial charge is 0.299 e. The van der Waals surface area contributed by atoms with Crippen LogP contribution in [-0.4, -0.2) is 11.3 Å². The Hall–Kier alpha value is -1.36. The minimum atomic E-state index is -4.47. The van der Waals surface area contributed by atoms with Crippen molar-refractivity contribution in [2.75, 3.05) is 0 Å². The Bertz CT molecular complexity index is 401. The SMILES string of the molecule is O=CC=Cc1cc(C(F)(F)F)cnc1Cl. The van der Waals surface area contributed by atoms with Crippen LogP contribution in [0.5, 0.6) is 0 Å². The van der Waals surface area contributed by atoms with Crippen LogP contribution >= 0.6 is 11.6 Å². The van der Waals surface area contributed by atoms with Crippen LogP contribution in [-0.2, 0) is 11.0 Å². The zero-order chi connectivity index (χ0) is 11.5. The van der Waals surface area contributed by atoms with E-state index in [1.807, 2.05) is 0 Å². The summed E-state index contributed by atoms with van der Waals surface area (Å²) < 4.78 is 36.7. The third-order valence-corrected chi connectivity index (χ3v) is 1.86. The molecule has 2 nitrogen and oxygen atoms in total. The molecule has 1 rings (SSSR count). The van der Waals surface area contributed by atoms with Gasteiger partial charge in [-0.15, -0.1) is 0 Å². The average molecular weight is 236 g/mol. The van der Waals surface area contributed by atoms with E-state index in [1.165, 1.54) is 0 Å². The summed E-state index contributed by atoms with van der Waals surface area (Å²) in [6.45, 7) is 0. The van der Waals surface area contributed by atoms with E-state index in [4.69, 9.17) is 11.6 Å². The predicted molar refractivity (Wildman–Crippen MR) is 49.3 cm³/mol. The van der Waals surface area contributed by atoms with Gasteiger partial charge in [0.15, 0.2) is 0 Å². The number of nitrogens with zero attached hydrogens (tertiary/aromatic N) is 1. The van der Waals surface area contributed by atoms with Gasteiger partial charge < -0.3 is 0 Å². The van der Waals surface area contributed by atoms with E-state index < -0.39 is 11.7 Å². The molecule has 15 heavy (non-hydrogen) atoms. The molecule has 0 saturated carbocycles. The van der Waals surface area contributed by atoms with Crippen LogP contribution in [0.15, 0.2) is 18.3 Å². The largest absolute Gasteiger partial charge is 0.417 e. The van der Waals surface area contributed by atoms with Crippen molar-refractivity contribution in [3.8, 4) is 0 Å². The summed E-state index contributed by atoms with van der Waals surface area (Å²) in [6.07, 6.45) is -1.18. The van der Waals surface area contributed by atoms with Gasteiger partial charge >= 0.3 is 6.18 Å². The zero-order valence-corrected chi connectivity index (χ0v) is 8.01. The number of alkyl halides is 3. The van der Waals surface area contributed by atoms with Crippen molar-refractivity contribution in [1.82, 2.24) is 4.98 Å². The first-order chi connectivity index (χ1) is 6.95. The van der Waals surface area contributed by atoms with Gasteiger partial charge in [-0.3, -0.25) is 4.79 Å². The quantitative estimate of drug-likeness (QED) is 0.448. The fraction of sp³-hybridized carbons (Fsp3) is 0.111. The lowest BCUT2D eigenvalue weighted by Gasteiger charge is -2.07. The van der Waals surface area contributed by atoms with Gasteiger partial charge in [-0.05, 0) is 18.2 Å². The molecule has 6 heteroatoms. The van der Waals surface area contributed by atoms with Gasteiger partial charge in [-0.1, -0.05) is 11.6 Å². The topological polar surface area (TPSA) is 30.0 Å². The molecule has 0 aliphatic heterocycles. The number of aromatic nitrogens is 1. The maximum absolute atomic E-state index is 12.2. The summed E-state index contributed by atoms with van der Waals surface area (Å²) >= 11 is 5.54. The second kappa shape index (κ2) is 4.44. The lowest BCUT2D eigenvalue weighted by atomic mass is 10.2. The molecule has 0 spiro atoms. The third kappa shape index (κ3) is 3.06. The van der Waals surface area contributed by atoms with Gasteiger partial charge in [0.25, 0.3) is 0 Å². The van der Waals surface area contributed by atoms with Crippen LogP contribution in [0.2, 0.25) is 5.15 Å². The molecule has 0 saturated heterocycles. The fourth-order valence-corrected chi connectivity index (χ4v) is 1.05. The van der Waals surface area contributed by atoms with Crippen molar-refractivity contribution in [1.29, 1.82) is 0 Å². The molecule has 0 fully saturated rings. The number of halogens is 4. The van der Waals surface area contributed by atoms with Crippen LogP contribution < -0.4 is 0 Å². The summed E-state index contributed by atoms with van der Waals surface area (Å²) in [5, 5.41) is -0.0823. The molecule has 0 bridgehead atoms. The fourth-order valence-electron chi connectivity index (χ4n) is 0.880. The first-order valence-corrected chi connectivity index (χ1v) is 4.17. The molecule has 1 heterocycles. The number of rotatable bonds is 2. The van der Waals surface area contributed by atoms with Crippen molar-refractivity contribution in [2.24, 2.45) is 0 Å². The summed E-state index contributed by atoms with van der Waals surface area (Å²) in [7, 11) is 0. The molecule has 0 aliphatic rings. The number of pyridine rings is 1. The van der Waals surface area contributed by atoms with Crippen molar-refractivity contribution >= 4 is 24.0 Å². The van der Waals surface area contributed by atoms with Gasteiger partial charge in [0, 0.05) is 11.8 Å². The monoisotopic (exact) mass is 235 g/mol. The maximum Gasteiger partial charge on any atom is 0.417 e. The number of hydrogen-bond acceptors (Lipinski definition) is 2. The molecule has 0 radical (unpaired) electrons. The highest BCUT2D eigenvalue weighted by Gasteiger charge is 2.31. The van der Waals surface area contributed by atoms with E-state index in [-0.39, 0.29) is 10.7 Å². The van der Waals surface area contributed by atoms with Gasteiger partial charge in [-0.25, -0.2) is 4.98 Å². The Morgan fingerprint density at radius 2 is 2.07 bits per heavy atom. The van der Waals surface area contributed by atoms with Gasteiger partial charge in [-0.2, -0.15) is 13.2 Å². The van der Waals surface area contributed by atoms with Crippen LogP contribution in [0, 0.1) is 0 Å². The Labute approximate surface area is 88.4 Å². The molecular weight excluding hydrogens is 231 g/mol. The van der Waals surface area contributed by atoms with Crippen molar-refractivity contribution < 1.29 is 18.0 Å². The van der Waals surface area contributed by atoms with E-state index in [1.54, 1.807) is 0 Å². The number of carbonyl (C=O) groups excluding carboxylic acids is 1. The van der Waals surface area contributed by atoms with Gasteiger partial charge in [0.2, 0.25) is 0 Å². The second-order valence-corrected chi connectivity index (χ2v) is 2.96. The molecule has 0 aromatic carbocycles. The minimum Gasteiger partial charge on any atom is -0.299 e. The summed E-state index contributed by atoms with van der Waals surface area (Å²) in [5.41, 5.74) is -0.851. The Morgan fingerprint density at radius 3 is 2.60 bits per heavy atom. The van der Waals surface area contributed by atoms with Crippen LogP contribution in [0.1, 0.15) is 11.1 Å². The normalized spacial score (nSPS) is 12.0. The van der Waals surface area contributed by atoms with E-state index in [9.17, 15) is 18.0 Å². The summed E-state index contributed by atoms with van der Waals surface area (Å²) in [5.74, 6) is 0. The molecule has 0 N–H and O–H groups in total. The highest BCUT2D eigenvalue weighted by atomic mass is 35.5. The minimum absolute atomic E-state index is 0.0543. The number of hydrogen-bond donors (Lipinski definition) is 0. The molecule has 0 aliphatic carbocycles. The van der Waals surface area contributed by atoms with Crippen molar-refractivity contribution in [3.63, 3.8) is 0 Å². The average Bonchev–Trinajstić information content (AvgIpc) is 2.15. The van der Waals surface area contributed by atoms with E-state index in [0.717, 1.165) is 18.2 Å². The number of carbonyl (C=O) groups is 1. The predicted octanol–water partition coefficient (Wildman–Crippen LogP) is 2.97. The molecule has 0 amide bonds. The van der Waals surface area contributed by atoms with E-state index >= 15 is 0 Å². The standard InChI is InChI=1S/C9H5ClF3NO/c10-8-6(2-1-3-15)4-7(5-14-8)9(11,12)13/h1-5H. The Kier molecular flexibility index (Phi) is 3.47. The maximum atomic E-state index is 12.2. The molecule has 1 aromatic heterocycles. The molecule has 80 valence electrons. The summed E-state index contributed by atoms with van der Waals surface area (Å²) in [4.78, 5) is 13.4. The molecule has 1 aromatic rings. The molecule has 0 unspecified atom stereocenters. The number of allylic oxidation sites excluding steroid dienone is 1.